The van der Waals surface area contributed by atoms with E-state index in [4.69, 9.17) is 9.40 Å². The SMILES string of the molecule is CC(C)Cc1ccnc(-c2[c-]ccc3c2oc2cc(-c4ccccc4)ccc23)c1.C[Si](C)(C)c1cnc(-c2[c-]cccc2)cc1CC1CCCC1.[Ir]. The Balaban J connectivity index is 0.000000182. The molecule has 1 aliphatic carbocycles. The van der Waals surface area contributed by atoms with Crippen molar-refractivity contribution in [2.45, 2.75) is 72.0 Å². The van der Waals surface area contributed by atoms with Crippen LogP contribution in [0, 0.1) is 24.0 Å². The summed E-state index contributed by atoms with van der Waals surface area (Å²) in [5.74, 6) is 1.48. The molecule has 3 aromatic heterocycles. The Labute approximate surface area is 324 Å². The summed E-state index contributed by atoms with van der Waals surface area (Å²) in [7, 11) is -1.35. The summed E-state index contributed by atoms with van der Waals surface area (Å²) < 4.78 is 6.35. The van der Waals surface area contributed by atoms with E-state index >= 15 is 0 Å². The van der Waals surface area contributed by atoms with Crippen LogP contribution >= 0.6 is 0 Å². The molecule has 0 saturated heterocycles. The first-order chi connectivity index (χ1) is 24.7. The average Bonchev–Trinajstić information content (AvgIpc) is 3.79. The van der Waals surface area contributed by atoms with Crippen LogP contribution in [0.4, 0.5) is 0 Å². The molecule has 7 aromatic rings. The molecule has 1 saturated carbocycles. The molecule has 1 fully saturated rings. The number of fused-ring (bicyclic) bond motifs is 3. The van der Waals surface area contributed by atoms with Gasteiger partial charge in [0.05, 0.1) is 13.7 Å². The van der Waals surface area contributed by atoms with E-state index in [0.29, 0.717) is 5.92 Å². The van der Waals surface area contributed by atoms with Crippen LogP contribution in [-0.4, -0.2) is 18.0 Å². The van der Waals surface area contributed by atoms with Crippen molar-refractivity contribution in [1.82, 2.24) is 9.97 Å². The predicted molar refractivity (Wildman–Crippen MR) is 217 cm³/mol. The molecule has 4 aromatic carbocycles. The van der Waals surface area contributed by atoms with E-state index < -0.39 is 8.07 Å². The summed E-state index contributed by atoms with van der Waals surface area (Å²) in [4.78, 5) is 9.37. The quantitative estimate of drug-likeness (QED) is 0.113. The van der Waals surface area contributed by atoms with Gasteiger partial charge < -0.3 is 14.4 Å². The Hall–Kier alpha value is -4.15. The predicted octanol–water partition coefficient (Wildman–Crippen LogP) is 12.1. The van der Waals surface area contributed by atoms with Crippen LogP contribution in [0.15, 0.2) is 120 Å². The molecule has 0 bridgehead atoms. The van der Waals surface area contributed by atoms with Crippen LogP contribution in [0.1, 0.15) is 50.7 Å². The second-order valence-electron chi connectivity index (χ2n) is 15.5. The minimum atomic E-state index is -1.35. The van der Waals surface area contributed by atoms with Gasteiger partial charge in [0.2, 0.25) is 0 Å². The molecule has 267 valence electrons. The van der Waals surface area contributed by atoms with Gasteiger partial charge in [0.15, 0.2) is 0 Å². The van der Waals surface area contributed by atoms with Crippen molar-refractivity contribution in [3.63, 3.8) is 0 Å². The van der Waals surface area contributed by atoms with Crippen molar-refractivity contribution in [3.05, 3.63) is 139 Å². The van der Waals surface area contributed by atoms with Crippen LogP contribution in [0.25, 0.3) is 55.6 Å². The zero-order valence-electron chi connectivity index (χ0n) is 31.0. The molecule has 0 unspecified atom stereocenters. The number of hydrogen-bond donors (Lipinski definition) is 0. The van der Waals surface area contributed by atoms with Gasteiger partial charge in [-0.3, -0.25) is 0 Å². The molecule has 0 N–H and O–H groups in total. The van der Waals surface area contributed by atoms with Crippen molar-refractivity contribution in [1.29, 1.82) is 0 Å². The Morgan fingerprint density at radius 3 is 2.29 bits per heavy atom. The minimum absolute atomic E-state index is 0. The summed E-state index contributed by atoms with van der Waals surface area (Å²) in [6.07, 6.45) is 12.0. The maximum absolute atomic E-state index is 6.35. The fourth-order valence-electron chi connectivity index (χ4n) is 7.52. The zero-order valence-corrected chi connectivity index (χ0v) is 34.4. The first kappa shape index (κ1) is 37.6. The number of rotatable bonds is 8. The summed E-state index contributed by atoms with van der Waals surface area (Å²) in [6.45, 7) is 11.7. The maximum Gasteiger partial charge on any atom is 0.121 e. The first-order valence-electron chi connectivity index (χ1n) is 18.6. The van der Waals surface area contributed by atoms with E-state index in [-0.39, 0.29) is 20.1 Å². The van der Waals surface area contributed by atoms with Gasteiger partial charge in [-0.2, -0.15) is 0 Å². The number of furan rings is 1. The summed E-state index contributed by atoms with van der Waals surface area (Å²) in [5, 5.41) is 3.76. The molecule has 52 heavy (non-hydrogen) atoms. The van der Waals surface area contributed by atoms with E-state index in [1.807, 2.05) is 30.5 Å². The Morgan fingerprint density at radius 2 is 1.56 bits per heavy atom. The molecule has 8 rings (SSSR count). The van der Waals surface area contributed by atoms with E-state index in [1.54, 1.807) is 10.8 Å². The second-order valence-corrected chi connectivity index (χ2v) is 20.6. The number of aromatic nitrogens is 2. The molecule has 5 heteroatoms. The van der Waals surface area contributed by atoms with Gasteiger partial charge in [-0.25, -0.2) is 0 Å². The third kappa shape index (κ3) is 8.72. The molecule has 1 aliphatic rings. The Morgan fingerprint density at radius 1 is 0.769 bits per heavy atom. The van der Waals surface area contributed by atoms with Gasteiger partial charge in [-0.15, -0.1) is 54.1 Å². The molecular weight excluding hydrogens is 829 g/mol. The van der Waals surface area contributed by atoms with E-state index in [9.17, 15) is 0 Å². The minimum Gasteiger partial charge on any atom is -0.501 e. The molecule has 0 aliphatic heterocycles. The molecular formula is C47H48IrN2OSi-2. The van der Waals surface area contributed by atoms with Gasteiger partial charge >= 0.3 is 0 Å². The van der Waals surface area contributed by atoms with Crippen LogP contribution in [0.5, 0.6) is 0 Å². The van der Waals surface area contributed by atoms with Crippen LogP contribution in [-0.2, 0) is 32.9 Å². The maximum atomic E-state index is 6.35. The van der Waals surface area contributed by atoms with E-state index in [1.165, 1.54) is 43.2 Å². The number of hydrogen-bond acceptors (Lipinski definition) is 3. The standard InChI is InChI=1S/C27H22NO.C20H26NSi.Ir/c1-18(2)15-19-13-14-28-25(16-19)24-10-6-9-23-22-12-11-21(17-26(22)29-27(23)24)20-7-4-3-5-8-20;1-22(2,3)20-15-21-19(17-11-5-4-6-12-17)14-18(20)13-16-9-7-8-10-16;/h3-9,11-14,16-18H,15H2,1-2H3;4-6,11,14-16H,7-10,13H2,1-3H3;/q2*-1;. The van der Waals surface area contributed by atoms with Crippen molar-refractivity contribution in [3.8, 4) is 33.6 Å². The normalized spacial score (nSPS) is 13.3. The van der Waals surface area contributed by atoms with Gasteiger partial charge in [0, 0.05) is 37.9 Å². The number of pyridine rings is 2. The summed E-state index contributed by atoms with van der Waals surface area (Å²) in [5.41, 5.74) is 10.9. The van der Waals surface area contributed by atoms with Crippen LogP contribution < -0.4 is 5.19 Å². The van der Waals surface area contributed by atoms with Gasteiger partial charge in [-0.1, -0.05) is 136 Å². The van der Waals surface area contributed by atoms with E-state index in [0.717, 1.165) is 62.4 Å². The monoisotopic (exact) mass is 877 g/mol. The fraction of sp³-hybridized carbons (Fsp3) is 0.277. The molecule has 1 radical (unpaired) electrons. The Bertz CT molecular complexity index is 2230. The van der Waals surface area contributed by atoms with Crippen molar-refractivity contribution >= 4 is 35.2 Å². The molecule has 3 nitrogen and oxygen atoms in total. The van der Waals surface area contributed by atoms with Crippen molar-refractivity contribution in [2.75, 3.05) is 0 Å². The molecule has 0 amide bonds. The van der Waals surface area contributed by atoms with Crippen LogP contribution in [0.3, 0.4) is 0 Å². The molecule has 3 heterocycles. The fourth-order valence-corrected chi connectivity index (χ4v) is 9.11. The largest absolute Gasteiger partial charge is 0.501 e. The summed E-state index contributed by atoms with van der Waals surface area (Å²) in [6, 6.07) is 42.3. The van der Waals surface area contributed by atoms with Gasteiger partial charge in [-0.05, 0) is 64.5 Å². The summed E-state index contributed by atoms with van der Waals surface area (Å²) >= 11 is 0. The number of benzene rings is 4. The second kappa shape index (κ2) is 16.7. The average molecular weight is 877 g/mol. The topological polar surface area (TPSA) is 38.9 Å². The third-order valence-electron chi connectivity index (χ3n) is 10.0. The third-order valence-corrected chi connectivity index (χ3v) is 12.1. The smallest absolute Gasteiger partial charge is 0.121 e. The van der Waals surface area contributed by atoms with E-state index in [2.05, 4.69) is 136 Å². The van der Waals surface area contributed by atoms with Crippen LogP contribution in [0.2, 0.25) is 19.6 Å². The zero-order chi connectivity index (χ0) is 35.4. The van der Waals surface area contributed by atoms with Gasteiger partial charge in [0.25, 0.3) is 0 Å². The van der Waals surface area contributed by atoms with Crippen molar-refractivity contribution in [2.24, 2.45) is 11.8 Å². The molecule has 0 atom stereocenters. The number of nitrogens with zero attached hydrogens (tertiary/aromatic N) is 2. The van der Waals surface area contributed by atoms with Gasteiger partial charge in [0.1, 0.15) is 5.58 Å². The first-order valence-corrected chi connectivity index (χ1v) is 22.1. The molecule has 0 spiro atoms. The van der Waals surface area contributed by atoms with Crippen molar-refractivity contribution < 1.29 is 24.5 Å². The Kier molecular flexibility index (Phi) is 12.1.